The molecule has 2 aromatic heterocycles. The van der Waals surface area contributed by atoms with Gasteiger partial charge in [0.25, 0.3) is 5.91 Å². The van der Waals surface area contributed by atoms with Crippen LogP contribution in [-0.4, -0.2) is 28.7 Å². The summed E-state index contributed by atoms with van der Waals surface area (Å²) in [5.41, 5.74) is 5.14. The average molecular weight is 440 g/mol. The predicted molar refractivity (Wildman–Crippen MR) is 126 cm³/mol. The number of amides is 1. The smallest absolute Gasteiger partial charge is 0.253 e. The number of ether oxygens (including phenoxy) is 2. The van der Waals surface area contributed by atoms with Crippen molar-refractivity contribution in [3.63, 3.8) is 0 Å². The van der Waals surface area contributed by atoms with Gasteiger partial charge in [0.1, 0.15) is 13.2 Å². The summed E-state index contributed by atoms with van der Waals surface area (Å²) in [5, 5.41) is 3.19. The van der Waals surface area contributed by atoms with E-state index in [9.17, 15) is 4.79 Å². The molecule has 1 amide bonds. The summed E-state index contributed by atoms with van der Waals surface area (Å²) in [6.45, 7) is 5.03. The van der Waals surface area contributed by atoms with Crippen molar-refractivity contribution in [3.8, 4) is 17.2 Å². The molecule has 1 unspecified atom stereocenters. The molecule has 6 nitrogen and oxygen atoms in total. The standard InChI is InChI=1S/C27H25N3O3/c1-18-16-22(19(2)30(18)21-11-12-24-25(17-21)33-15-14-32-24)27(31)29-26(20-8-4-3-5-9-20)23-10-6-7-13-28-23/h3-13,16-17,26H,14-15H2,1-2H3,(H,29,31). The van der Waals surface area contributed by atoms with Crippen LogP contribution in [0.2, 0.25) is 0 Å². The van der Waals surface area contributed by atoms with Crippen molar-refractivity contribution < 1.29 is 14.3 Å². The van der Waals surface area contributed by atoms with Crippen molar-refractivity contribution in [3.05, 3.63) is 107 Å². The van der Waals surface area contributed by atoms with Gasteiger partial charge in [-0.05, 0) is 49.7 Å². The normalized spacial score (nSPS) is 13.4. The number of aromatic nitrogens is 2. The molecular formula is C27H25N3O3. The second-order valence-corrected chi connectivity index (χ2v) is 8.02. The van der Waals surface area contributed by atoms with E-state index in [2.05, 4.69) is 14.9 Å². The third-order valence-electron chi connectivity index (χ3n) is 5.85. The summed E-state index contributed by atoms with van der Waals surface area (Å²) >= 11 is 0. The Morgan fingerprint density at radius 3 is 2.45 bits per heavy atom. The monoisotopic (exact) mass is 439 g/mol. The van der Waals surface area contributed by atoms with Crippen molar-refractivity contribution in [2.75, 3.05) is 13.2 Å². The maximum absolute atomic E-state index is 13.5. The number of nitrogens with one attached hydrogen (secondary N) is 1. The first kappa shape index (κ1) is 20.8. The lowest BCUT2D eigenvalue weighted by molar-refractivity contribution is 0.0941. The summed E-state index contributed by atoms with van der Waals surface area (Å²) in [6.07, 6.45) is 1.74. The molecule has 0 aliphatic carbocycles. The van der Waals surface area contributed by atoms with Crippen LogP contribution in [0.3, 0.4) is 0 Å². The molecule has 33 heavy (non-hydrogen) atoms. The van der Waals surface area contributed by atoms with Crippen molar-refractivity contribution in [1.29, 1.82) is 0 Å². The van der Waals surface area contributed by atoms with Gasteiger partial charge in [0.05, 0.1) is 17.3 Å². The van der Waals surface area contributed by atoms with Crippen LogP contribution in [0.4, 0.5) is 0 Å². The minimum Gasteiger partial charge on any atom is -0.486 e. The number of hydrogen-bond donors (Lipinski definition) is 1. The summed E-state index contributed by atoms with van der Waals surface area (Å²) in [5.74, 6) is 1.31. The molecule has 0 radical (unpaired) electrons. The maximum atomic E-state index is 13.5. The fraction of sp³-hybridized carbons (Fsp3) is 0.185. The van der Waals surface area contributed by atoms with E-state index in [0.717, 1.165) is 39.8 Å². The zero-order valence-corrected chi connectivity index (χ0v) is 18.6. The van der Waals surface area contributed by atoms with Gasteiger partial charge in [0.2, 0.25) is 0 Å². The van der Waals surface area contributed by atoms with Gasteiger partial charge in [-0.3, -0.25) is 9.78 Å². The van der Waals surface area contributed by atoms with Crippen LogP contribution in [0.1, 0.15) is 39.0 Å². The molecule has 0 saturated carbocycles. The second kappa shape index (κ2) is 8.82. The topological polar surface area (TPSA) is 65.4 Å². The van der Waals surface area contributed by atoms with Crippen molar-refractivity contribution in [1.82, 2.24) is 14.9 Å². The SMILES string of the molecule is Cc1cc(C(=O)NC(c2ccccc2)c2ccccn2)c(C)n1-c1ccc2c(c1)OCCO2. The van der Waals surface area contributed by atoms with Crippen LogP contribution in [0.15, 0.2) is 79.0 Å². The summed E-state index contributed by atoms with van der Waals surface area (Å²) in [7, 11) is 0. The van der Waals surface area contributed by atoms with Gasteiger partial charge in [0, 0.05) is 29.3 Å². The molecule has 1 atom stereocenters. The van der Waals surface area contributed by atoms with Crippen LogP contribution in [0, 0.1) is 13.8 Å². The average Bonchev–Trinajstić information content (AvgIpc) is 3.17. The van der Waals surface area contributed by atoms with E-state index in [4.69, 9.17) is 9.47 Å². The van der Waals surface area contributed by atoms with Gasteiger partial charge < -0.3 is 19.4 Å². The van der Waals surface area contributed by atoms with Gasteiger partial charge in [-0.15, -0.1) is 0 Å². The number of nitrogens with zero attached hydrogens (tertiary/aromatic N) is 2. The summed E-state index contributed by atoms with van der Waals surface area (Å²) in [4.78, 5) is 17.9. The van der Waals surface area contributed by atoms with Crippen LogP contribution in [-0.2, 0) is 0 Å². The van der Waals surface area contributed by atoms with E-state index in [1.807, 2.05) is 86.6 Å². The molecule has 0 fully saturated rings. The van der Waals surface area contributed by atoms with Gasteiger partial charge >= 0.3 is 0 Å². The zero-order chi connectivity index (χ0) is 22.8. The fourth-order valence-electron chi connectivity index (χ4n) is 4.29. The molecule has 6 heteroatoms. The highest BCUT2D eigenvalue weighted by atomic mass is 16.6. The lowest BCUT2D eigenvalue weighted by Gasteiger charge is -2.20. The predicted octanol–water partition coefficient (Wildman–Crippen LogP) is 4.78. The first-order valence-corrected chi connectivity index (χ1v) is 11.0. The first-order chi connectivity index (χ1) is 16.1. The number of carbonyl (C=O) groups excluding carboxylic acids is 1. The van der Waals surface area contributed by atoms with Crippen molar-refractivity contribution in [2.24, 2.45) is 0 Å². The number of pyridine rings is 1. The Morgan fingerprint density at radius 1 is 0.939 bits per heavy atom. The number of carbonyl (C=O) groups is 1. The quantitative estimate of drug-likeness (QED) is 0.486. The highest BCUT2D eigenvalue weighted by molar-refractivity contribution is 5.96. The summed E-state index contributed by atoms with van der Waals surface area (Å²) < 4.78 is 13.4. The van der Waals surface area contributed by atoms with E-state index >= 15 is 0 Å². The minimum atomic E-state index is -0.350. The van der Waals surface area contributed by atoms with E-state index in [1.165, 1.54) is 0 Å². The molecule has 3 heterocycles. The molecule has 1 aliphatic heterocycles. The third-order valence-corrected chi connectivity index (χ3v) is 5.85. The number of hydrogen-bond acceptors (Lipinski definition) is 4. The number of benzene rings is 2. The number of fused-ring (bicyclic) bond motifs is 1. The number of rotatable bonds is 5. The number of aryl methyl sites for hydroxylation is 1. The molecule has 0 bridgehead atoms. The van der Waals surface area contributed by atoms with Crippen LogP contribution >= 0.6 is 0 Å². The molecular weight excluding hydrogens is 414 g/mol. The van der Waals surface area contributed by atoms with E-state index in [-0.39, 0.29) is 11.9 Å². The van der Waals surface area contributed by atoms with Crippen LogP contribution in [0.25, 0.3) is 5.69 Å². The molecule has 0 spiro atoms. The van der Waals surface area contributed by atoms with E-state index in [1.54, 1.807) is 6.20 Å². The van der Waals surface area contributed by atoms with Crippen LogP contribution < -0.4 is 14.8 Å². The molecule has 0 saturated heterocycles. The van der Waals surface area contributed by atoms with Gasteiger partial charge in [-0.2, -0.15) is 0 Å². The van der Waals surface area contributed by atoms with Crippen molar-refractivity contribution >= 4 is 5.91 Å². The largest absolute Gasteiger partial charge is 0.486 e. The molecule has 166 valence electrons. The Bertz CT molecular complexity index is 1240. The first-order valence-electron chi connectivity index (χ1n) is 11.0. The highest BCUT2D eigenvalue weighted by Crippen LogP contribution is 2.33. The second-order valence-electron chi connectivity index (χ2n) is 8.02. The Balaban J connectivity index is 1.48. The highest BCUT2D eigenvalue weighted by Gasteiger charge is 2.23. The fourth-order valence-corrected chi connectivity index (χ4v) is 4.29. The van der Waals surface area contributed by atoms with Gasteiger partial charge in [0.15, 0.2) is 11.5 Å². The molecule has 1 N–H and O–H groups in total. The van der Waals surface area contributed by atoms with Gasteiger partial charge in [-0.25, -0.2) is 0 Å². The lowest BCUT2D eigenvalue weighted by Crippen LogP contribution is -2.30. The van der Waals surface area contributed by atoms with Crippen molar-refractivity contribution in [2.45, 2.75) is 19.9 Å². The Morgan fingerprint density at radius 2 is 1.70 bits per heavy atom. The zero-order valence-electron chi connectivity index (χ0n) is 18.6. The van der Waals surface area contributed by atoms with E-state index in [0.29, 0.717) is 18.8 Å². The Hall–Kier alpha value is -4.06. The minimum absolute atomic E-state index is 0.147. The van der Waals surface area contributed by atoms with E-state index < -0.39 is 0 Å². The van der Waals surface area contributed by atoms with Crippen LogP contribution in [0.5, 0.6) is 11.5 Å². The molecule has 5 rings (SSSR count). The lowest BCUT2D eigenvalue weighted by atomic mass is 10.0. The molecule has 4 aromatic rings. The molecule has 1 aliphatic rings. The Labute approximate surface area is 192 Å². The Kier molecular flexibility index (Phi) is 5.57. The van der Waals surface area contributed by atoms with Gasteiger partial charge in [-0.1, -0.05) is 36.4 Å². The third kappa shape index (κ3) is 4.07. The maximum Gasteiger partial charge on any atom is 0.253 e. The summed E-state index contributed by atoms with van der Waals surface area (Å²) in [6, 6.07) is 23.0. The molecule has 2 aromatic carbocycles.